The molecule has 3 N–H and O–H groups in total. The molecule has 0 bridgehead atoms. The molecule has 1 fully saturated rings. The summed E-state index contributed by atoms with van der Waals surface area (Å²) in [5, 5.41) is 3.02. The number of hydrogen-bond acceptors (Lipinski definition) is 3. The highest BCUT2D eigenvalue weighted by Crippen LogP contribution is 2.22. The second kappa shape index (κ2) is 8.72. The molecule has 0 radical (unpaired) electrons. The van der Waals surface area contributed by atoms with Crippen molar-refractivity contribution >= 4 is 18.3 Å². The molecule has 0 aromatic carbocycles. The van der Waals surface area contributed by atoms with E-state index in [0.29, 0.717) is 6.04 Å². The lowest BCUT2D eigenvalue weighted by Gasteiger charge is -2.19. The topological polar surface area (TPSA) is 64.3 Å². The van der Waals surface area contributed by atoms with Crippen LogP contribution in [-0.2, 0) is 9.53 Å². The lowest BCUT2D eigenvalue weighted by molar-refractivity contribution is -0.124. The smallest absolute Gasteiger partial charge is 0.239 e. The summed E-state index contributed by atoms with van der Waals surface area (Å²) in [6.45, 7) is 2.57. The molecule has 0 heterocycles. The molecule has 0 saturated heterocycles. The molecule has 3 unspecified atom stereocenters. The van der Waals surface area contributed by atoms with E-state index in [-0.39, 0.29) is 24.9 Å². The van der Waals surface area contributed by atoms with Crippen LogP contribution in [0.4, 0.5) is 0 Å². The minimum atomic E-state index is -0.536. The second-order valence-electron chi connectivity index (χ2n) is 4.88. The molecule has 1 aliphatic rings. The van der Waals surface area contributed by atoms with Crippen LogP contribution in [-0.4, -0.2) is 31.7 Å². The average molecular weight is 265 g/mol. The summed E-state index contributed by atoms with van der Waals surface area (Å²) < 4.78 is 4.87. The Morgan fingerprint density at radius 1 is 1.41 bits per heavy atom. The standard InChI is InChI=1S/C12H24N2O2.ClH/c1-9-4-3-5-10(7-6-9)14-12(15)11(13)8-16-2;/h9-11H,3-8,13H2,1-2H3,(H,14,15);1H. The number of carbonyl (C=O) groups is 1. The molecule has 4 nitrogen and oxygen atoms in total. The number of rotatable bonds is 4. The van der Waals surface area contributed by atoms with E-state index in [4.69, 9.17) is 10.5 Å². The summed E-state index contributed by atoms with van der Waals surface area (Å²) in [4.78, 5) is 11.7. The van der Waals surface area contributed by atoms with Crippen molar-refractivity contribution in [3.63, 3.8) is 0 Å². The highest BCUT2D eigenvalue weighted by molar-refractivity contribution is 5.85. The zero-order chi connectivity index (χ0) is 12.0. The maximum Gasteiger partial charge on any atom is 0.239 e. The Morgan fingerprint density at radius 3 is 2.76 bits per heavy atom. The van der Waals surface area contributed by atoms with Gasteiger partial charge in [-0.05, 0) is 25.2 Å². The van der Waals surface area contributed by atoms with Gasteiger partial charge in [0.05, 0.1) is 6.61 Å². The zero-order valence-electron chi connectivity index (χ0n) is 10.8. The largest absolute Gasteiger partial charge is 0.383 e. The molecular weight excluding hydrogens is 240 g/mol. The minimum Gasteiger partial charge on any atom is -0.383 e. The summed E-state index contributed by atoms with van der Waals surface area (Å²) in [5.41, 5.74) is 5.67. The molecule has 0 aromatic rings. The third-order valence-corrected chi connectivity index (χ3v) is 3.29. The predicted molar refractivity (Wildman–Crippen MR) is 71.3 cm³/mol. The lowest BCUT2D eigenvalue weighted by atomic mass is 10.0. The van der Waals surface area contributed by atoms with Gasteiger partial charge in [0, 0.05) is 13.2 Å². The fraction of sp³-hybridized carbons (Fsp3) is 0.917. The average Bonchev–Trinajstić information content (AvgIpc) is 2.44. The first-order valence-electron chi connectivity index (χ1n) is 6.18. The Labute approximate surface area is 110 Å². The van der Waals surface area contributed by atoms with E-state index >= 15 is 0 Å². The Kier molecular flexibility index (Phi) is 8.56. The van der Waals surface area contributed by atoms with Crippen molar-refractivity contribution < 1.29 is 9.53 Å². The highest BCUT2D eigenvalue weighted by atomic mass is 35.5. The molecule has 0 aromatic heterocycles. The van der Waals surface area contributed by atoms with E-state index in [9.17, 15) is 4.79 Å². The van der Waals surface area contributed by atoms with Crippen molar-refractivity contribution in [3.8, 4) is 0 Å². The van der Waals surface area contributed by atoms with Gasteiger partial charge in [-0.3, -0.25) is 4.79 Å². The summed E-state index contributed by atoms with van der Waals surface area (Å²) >= 11 is 0. The highest BCUT2D eigenvalue weighted by Gasteiger charge is 2.20. The van der Waals surface area contributed by atoms with Crippen LogP contribution in [0.2, 0.25) is 0 Å². The van der Waals surface area contributed by atoms with E-state index in [1.807, 2.05) is 0 Å². The van der Waals surface area contributed by atoms with E-state index in [2.05, 4.69) is 12.2 Å². The second-order valence-corrected chi connectivity index (χ2v) is 4.88. The zero-order valence-corrected chi connectivity index (χ0v) is 11.6. The molecule has 1 saturated carbocycles. The quantitative estimate of drug-likeness (QED) is 0.756. The van der Waals surface area contributed by atoms with Gasteiger partial charge in [-0.25, -0.2) is 0 Å². The van der Waals surface area contributed by atoms with Crippen LogP contribution in [0.3, 0.4) is 0 Å². The number of ether oxygens (including phenoxy) is 1. The van der Waals surface area contributed by atoms with Gasteiger partial charge in [0.2, 0.25) is 5.91 Å². The molecular formula is C12H25ClN2O2. The number of methoxy groups -OCH3 is 1. The number of nitrogens with one attached hydrogen (secondary N) is 1. The van der Waals surface area contributed by atoms with E-state index in [1.54, 1.807) is 7.11 Å². The summed E-state index contributed by atoms with van der Waals surface area (Å²) in [5.74, 6) is 0.705. The van der Waals surface area contributed by atoms with Crippen LogP contribution in [0, 0.1) is 5.92 Å². The van der Waals surface area contributed by atoms with Gasteiger partial charge in [0.1, 0.15) is 6.04 Å². The van der Waals surface area contributed by atoms with Gasteiger partial charge < -0.3 is 15.8 Å². The molecule has 1 amide bonds. The fourth-order valence-electron chi connectivity index (χ4n) is 2.19. The molecule has 17 heavy (non-hydrogen) atoms. The van der Waals surface area contributed by atoms with E-state index in [1.165, 1.54) is 19.3 Å². The minimum absolute atomic E-state index is 0. The van der Waals surface area contributed by atoms with Crippen LogP contribution in [0.25, 0.3) is 0 Å². The van der Waals surface area contributed by atoms with E-state index in [0.717, 1.165) is 18.8 Å². The van der Waals surface area contributed by atoms with Gasteiger partial charge in [0.25, 0.3) is 0 Å². The van der Waals surface area contributed by atoms with E-state index < -0.39 is 6.04 Å². The van der Waals surface area contributed by atoms with Crippen molar-refractivity contribution in [2.24, 2.45) is 11.7 Å². The third-order valence-electron chi connectivity index (χ3n) is 3.29. The van der Waals surface area contributed by atoms with Crippen molar-refractivity contribution in [3.05, 3.63) is 0 Å². The number of carbonyl (C=O) groups excluding carboxylic acids is 1. The monoisotopic (exact) mass is 264 g/mol. The molecule has 0 aliphatic heterocycles. The maximum atomic E-state index is 11.7. The number of hydrogen-bond donors (Lipinski definition) is 2. The first-order valence-corrected chi connectivity index (χ1v) is 6.18. The molecule has 5 heteroatoms. The Hall–Kier alpha value is -0.320. The van der Waals surface area contributed by atoms with Crippen LogP contribution in [0.5, 0.6) is 0 Å². The van der Waals surface area contributed by atoms with Gasteiger partial charge in [-0.2, -0.15) is 0 Å². The SMILES string of the molecule is COCC(N)C(=O)NC1CCCC(C)CC1.Cl. The summed E-state index contributed by atoms with van der Waals surface area (Å²) in [7, 11) is 1.56. The van der Waals surface area contributed by atoms with Crippen LogP contribution >= 0.6 is 12.4 Å². The maximum absolute atomic E-state index is 11.7. The third kappa shape index (κ3) is 6.24. The van der Waals surface area contributed by atoms with Crippen molar-refractivity contribution in [2.45, 2.75) is 51.1 Å². The van der Waals surface area contributed by atoms with Gasteiger partial charge in [0.15, 0.2) is 0 Å². The van der Waals surface area contributed by atoms with Crippen molar-refractivity contribution in [1.82, 2.24) is 5.32 Å². The van der Waals surface area contributed by atoms with Crippen LogP contribution in [0.15, 0.2) is 0 Å². The Balaban J connectivity index is 0.00000256. The first kappa shape index (κ1) is 16.7. The summed E-state index contributed by atoms with van der Waals surface area (Å²) in [6, 6.07) is -0.231. The molecule has 1 aliphatic carbocycles. The number of halogens is 1. The van der Waals surface area contributed by atoms with Gasteiger partial charge >= 0.3 is 0 Å². The molecule has 1 rings (SSSR count). The molecule has 0 spiro atoms. The Bertz CT molecular complexity index is 227. The van der Waals surface area contributed by atoms with Crippen molar-refractivity contribution in [2.75, 3.05) is 13.7 Å². The van der Waals surface area contributed by atoms with Gasteiger partial charge in [-0.1, -0.05) is 19.8 Å². The van der Waals surface area contributed by atoms with Crippen molar-refractivity contribution in [1.29, 1.82) is 0 Å². The van der Waals surface area contributed by atoms with Crippen LogP contribution < -0.4 is 11.1 Å². The Morgan fingerprint density at radius 2 is 2.12 bits per heavy atom. The molecule has 3 atom stereocenters. The molecule has 102 valence electrons. The number of amides is 1. The summed E-state index contributed by atoms with van der Waals surface area (Å²) in [6.07, 6.45) is 5.83. The lowest BCUT2D eigenvalue weighted by Crippen LogP contribution is -2.47. The fourth-order valence-corrected chi connectivity index (χ4v) is 2.19. The van der Waals surface area contributed by atoms with Gasteiger partial charge in [-0.15, -0.1) is 12.4 Å². The number of nitrogens with two attached hydrogens (primary N) is 1. The normalized spacial score (nSPS) is 26.5. The first-order chi connectivity index (χ1) is 7.63. The van der Waals surface area contributed by atoms with Crippen LogP contribution in [0.1, 0.15) is 39.0 Å². The predicted octanol–water partition coefficient (Wildman–Crippen LogP) is 1.47.